The lowest BCUT2D eigenvalue weighted by Crippen LogP contribution is -2.18. The summed E-state index contributed by atoms with van der Waals surface area (Å²) in [6.45, 7) is 0. The van der Waals surface area contributed by atoms with Crippen molar-refractivity contribution in [1.82, 2.24) is 4.98 Å². The first-order chi connectivity index (χ1) is 8.09. The Hall–Kier alpha value is -1.63. The van der Waals surface area contributed by atoms with E-state index in [1.54, 1.807) is 0 Å². The standard InChI is InChI=1S/C12H8INO3/c13-9-6-8(12(16)17)11(15)14-10(9)7-4-2-1-3-5-7/h1-6H,(H,14,15)(H,16,17). The number of aromatic carboxylic acids is 1. The van der Waals surface area contributed by atoms with Gasteiger partial charge in [-0.25, -0.2) is 4.79 Å². The SMILES string of the molecule is O=C(O)c1cc(I)c(-c2ccccc2)[nH]c1=O. The number of hydrogen-bond acceptors (Lipinski definition) is 2. The smallest absolute Gasteiger partial charge is 0.341 e. The molecule has 0 aliphatic rings. The maximum absolute atomic E-state index is 11.6. The lowest BCUT2D eigenvalue weighted by Gasteiger charge is -2.05. The van der Waals surface area contributed by atoms with Crippen molar-refractivity contribution in [3.63, 3.8) is 0 Å². The fraction of sp³-hybridized carbons (Fsp3) is 0. The van der Waals surface area contributed by atoms with E-state index in [0.717, 1.165) is 5.56 Å². The highest BCUT2D eigenvalue weighted by Gasteiger charge is 2.13. The number of aromatic amines is 1. The van der Waals surface area contributed by atoms with E-state index in [1.165, 1.54) is 6.07 Å². The number of rotatable bonds is 2. The van der Waals surface area contributed by atoms with Crippen LogP contribution in [0.25, 0.3) is 11.3 Å². The van der Waals surface area contributed by atoms with Gasteiger partial charge in [0.25, 0.3) is 5.56 Å². The number of carboxylic acids is 1. The van der Waals surface area contributed by atoms with E-state index in [9.17, 15) is 9.59 Å². The Morgan fingerprint density at radius 1 is 1.24 bits per heavy atom. The molecule has 1 aromatic heterocycles. The molecule has 0 unspecified atom stereocenters. The highest BCUT2D eigenvalue weighted by molar-refractivity contribution is 14.1. The normalized spacial score (nSPS) is 10.2. The Labute approximate surface area is 110 Å². The summed E-state index contributed by atoms with van der Waals surface area (Å²) in [7, 11) is 0. The zero-order valence-corrected chi connectivity index (χ0v) is 10.8. The summed E-state index contributed by atoms with van der Waals surface area (Å²) in [4.78, 5) is 25.0. The predicted octanol–water partition coefficient (Wildman–Crippen LogP) is 2.34. The number of benzene rings is 1. The van der Waals surface area contributed by atoms with Crippen molar-refractivity contribution in [3.05, 3.63) is 55.9 Å². The number of carboxylic acid groups (broad SMARTS) is 1. The molecule has 0 saturated heterocycles. The molecule has 2 aromatic rings. The van der Waals surface area contributed by atoms with Gasteiger partial charge in [0, 0.05) is 3.57 Å². The van der Waals surface area contributed by atoms with E-state index in [2.05, 4.69) is 4.98 Å². The third kappa shape index (κ3) is 2.38. The van der Waals surface area contributed by atoms with E-state index in [4.69, 9.17) is 5.11 Å². The summed E-state index contributed by atoms with van der Waals surface area (Å²) in [5, 5.41) is 8.83. The van der Waals surface area contributed by atoms with Gasteiger partial charge in [0.2, 0.25) is 0 Å². The number of carbonyl (C=O) groups is 1. The molecule has 5 heteroatoms. The first kappa shape index (κ1) is 11.8. The van der Waals surface area contributed by atoms with Gasteiger partial charge in [0.1, 0.15) is 5.56 Å². The third-order valence-electron chi connectivity index (χ3n) is 2.29. The van der Waals surface area contributed by atoms with Crippen LogP contribution in [0.5, 0.6) is 0 Å². The third-order valence-corrected chi connectivity index (χ3v) is 3.14. The molecule has 17 heavy (non-hydrogen) atoms. The second-order valence-corrected chi connectivity index (χ2v) is 4.57. The Morgan fingerprint density at radius 2 is 1.88 bits per heavy atom. The lowest BCUT2D eigenvalue weighted by atomic mass is 10.1. The van der Waals surface area contributed by atoms with Gasteiger partial charge in [-0.05, 0) is 34.2 Å². The van der Waals surface area contributed by atoms with Crippen molar-refractivity contribution < 1.29 is 9.90 Å². The molecule has 0 aliphatic heterocycles. The second kappa shape index (κ2) is 4.70. The molecule has 86 valence electrons. The van der Waals surface area contributed by atoms with E-state index >= 15 is 0 Å². The van der Waals surface area contributed by atoms with Crippen LogP contribution < -0.4 is 5.56 Å². The summed E-state index contributed by atoms with van der Waals surface area (Å²) in [5.41, 5.74) is 0.665. The number of aromatic nitrogens is 1. The molecule has 0 saturated carbocycles. The molecule has 1 heterocycles. The maximum atomic E-state index is 11.6. The van der Waals surface area contributed by atoms with Gasteiger partial charge in [0.15, 0.2) is 0 Å². The van der Waals surface area contributed by atoms with E-state index in [-0.39, 0.29) is 5.56 Å². The fourth-order valence-electron chi connectivity index (χ4n) is 1.48. The largest absolute Gasteiger partial charge is 0.477 e. The molecular weight excluding hydrogens is 333 g/mol. The maximum Gasteiger partial charge on any atom is 0.341 e. The number of H-pyrrole nitrogens is 1. The van der Waals surface area contributed by atoms with Gasteiger partial charge < -0.3 is 10.1 Å². The minimum atomic E-state index is -1.22. The van der Waals surface area contributed by atoms with Crippen LogP contribution in [0.1, 0.15) is 10.4 Å². The number of hydrogen-bond donors (Lipinski definition) is 2. The zero-order valence-electron chi connectivity index (χ0n) is 8.61. The summed E-state index contributed by atoms with van der Waals surface area (Å²) in [6, 6.07) is 10.7. The molecule has 4 nitrogen and oxygen atoms in total. The quantitative estimate of drug-likeness (QED) is 0.824. The van der Waals surface area contributed by atoms with Crippen molar-refractivity contribution in [3.8, 4) is 11.3 Å². The van der Waals surface area contributed by atoms with Crippen molar-refractivity contribution in [2.45, 2.75) is 0 Å². The van der Waals surface area contributed by atoms with Gasteiger partial charge in [0.05, 0.1) is 5.69 Å². The van der Waals surface area contributed by atoms with Crippen molar-refractivity contribution in [1.29, 1.82) is 0 Å². The van der Waals surface area contributed by atoms with Crippen molar-refractivity contribution in [2.24, 2.45) is 0 Å². The molecule has 0 radical (unpaired) electrons. The molecule has 0 fully saturated rings. The molecular formula is C12H8INO3. The van der Waals surface area contributed by atoms with Gasteiger partial charge in [-0.3, -0.25) is 4.79 Å². The van der Waals surface area contributed by atoms with Crippen molar-refractivity contribution >= 4 is 28.6 Å². The summed E-state index contributed by atoms with van der Waals surface area (Å²) < 4.78 is 0.700. The molecule has 0 atom stereocenters. The van der Waals surface area contributed by atoms with Gasteiger partial charge in [-0.1, -0.05) is 30.3 Å². The van der Waals surface area contributed by atoms with Crippen LogP contribution in [0.2, 0.25) is 0 Å². The average Bonchev–Trinajstić information content (AvgIpc) is 2.32. The molecule has 2 N–H and O–H groups in total. The van der Waals surface area contributed by atoms with Crippen LogP contribution in [0.3, 0.4) is 0 Å². The lowest BCUT2D eigenvalue weighted by molar-refractivity contribution is 0.0695. The number of nitrogens with one attached hydrogen (secondary N) is 1. The van der Waals surface area contributed by atoms with E-state index in [0.29, 0.717) is 9.26 Å². The number of halogens is 1. The van der Waals surface area contributed by atoms with Crippen LogP contribution >= 0.6 is 22.6 Å². The Bertz CT molecular complexity index is 619. The van der Waals surface area contributed by atoms with Crippen LogP contribution in [-0.2, 0) is 0 Å². The molecule has 0 aliphatic carbocycles. The highest BCUT2D eigenvalue weighted by atomic mass is 127. The predicted molar refractivity (Wildman–Crippen MR) is 72.2 cm³/mol. The zero-order chi connectivity index (χ0) is 12.4. The van der Waals surface area contributed by atoms with Crippen molar-refractivity contribution in [2.75, 3.05) is 0 Å². The van der Waals surface area contributed by atoms with E-state index < -0.39 is 11.5 Å². The minimum absolute atomic E-state index is 0.242. The van der Waals surface area contributed by atoms with Gasteiger partial charge >= 0.3 is 5.97 Å². The molecule has 0 bridgehead atoms. The minimum Gasteiger partial charge on any atom is -0.477 e. The van der Waals surface area contributed by atoms with Crippen LogP contribution in [0, 0.1) is 3.57 Å². The highest BCUT2D eigenvalue weighted by Crippen LogP contribution is 2.21. The monoisotopic (exact) mass is 341 g/mol. The molecule has 0 amide bonds. The Morgan fingerprint density at radius 3 is 2.47 bits per heavy atom. The molecule has 0 spiro atoms. The Balaban J connectivity index is 2.63. The fourth-order valence-corrected chi connectivity index (χ4v) is 2.24. The number of pyridine rings is 1. The average molecular weight is 341 g/mol. The van der Waals surface area contributed by atoms with Crippen LogP contribution in [-0.4, -0.2) is 16.1 Å². The van der Waals surface area contributed by atoms with Crippen LogP contribution in [0.15, 0.2) is 41.2 Å². The second-order valence-electron chi connectivity index (χ2n) is 3.41. The van der Waals surface area contributed by atoms with Gasteiger partial charge in [-0.15, -0.1) is 0 Å². The summed E-state index contributed by atoms with van der Waals surface area (Å²) in [5.74, 6) is -1.22. The first-order valence-electron chi connectivity index (χ1n) is 4.81. The topological polar surface area (TPSA) is 70.2 Å². The van der Waals surface area contributed by atoms with Crippen LogP contribution in [0.4, 0.5) is 0 Å². The first-order valence-corrected chi connectivity index (χ1v) is 5.89. The van der Waals surface area contributed by atoms with Gasteiger partial charge in [-0.2, -0.15) is 0 Å². The summed E-state index contributed by atoms with van der Waals surface area (Å²) in [6.07, 6.45) is 0. The molecule has 2 rings (SSSR count). The molecule has 1 aromatic carbocycles. The van der Waals surface area contributed by atoms with E-state index in [1.807, 2.05) is 52.9 Å². The summed E-state index contributed by atoms with van der Waals surface area (Å²) >= 11 is 2.01. The Kier molecular flexibility index (Phi) is 3.28.